The summed E-state index contributed by atoms with van der Waals surface area (Å²) >= 11 is 1.88. The van der Waals surface area contributed by atoms with Crippen LogP contribution in [-0.4, -0.2) is 23.4 Å². The zero-order valence-corrected chi connectivity index (χ0v) is 13.0. The van der Waals surface area contributed by atoms with Crippen LogP contribution in [0, 0.1) is 0 Å². The molecule has 1 saturated heterocycles. The van der Waals surface area contributed by atoms with Crippen molar-refractivity contribution in [2.75, 3.05) is 12.3 Å². The van der Waals surface area contributed by atoms with E-state index in [1.165, 1.54) is 12.1 Å². The van der Waals surface area contributed by atoms with Gasteiger partial charge < -0.3 is 10.1 Å². The Morgan fingerprint density at radius 3 is 2.76 bits per heavy atom. The van der Waals surface area contributed by atoms with Gasteiger partial charge in [-0.25, -0.2) is 0 Å². The summed E-state index contributed by atoms with van der Waals surface area (Å²) in [6, 6.07) is 6.33. The van der Waals surface area contributed by atoms with E-state index < -0.39 is 6.36 Å². The van der Waals surface area contributed by atoms with E-state index in [-0.39, 0.29) is 16.5 Å². The molecule has 6 heteroatoms. The Balaban J connectivity index is 2.26. The highest BCUT2D eigenvalue weighted by Gasteiger charge is 2.38. The zero-order chi connectivity index (χ0) is 15.5. The van der Waals surface area contributed by atoms with Gasteiger partial charge in [0.25, 0.3) is 0 Å². The summed E-state index contributed by atoms with van der Waals surface area (Å²) < 4.78 is 41.1. The molecular formula is C15H20F3NOS. The van der Waals surface area contributed by atoms with E-state index in [0.717, 1.165) is 30.7 Å². The van der Waals surface area contributed by atoms with Crippen LogP contribution in [0.5, 0.6) is 5.75 Å². The molecule has 2 rings (SSSR count). The van der Waals surface area contributed by atoms with Gasteiger partial charge in [0.1, 0.15) is 5.75 Å². The van der Waals surface area contributed by atoms with Crippen molar-refractivity contribution < 1.29 is 17.9 Å². The van der Waals surface area contributed by atoms with Crippen LogP contribution in [0.3, 0.4) is 0 Å². The van der Waals surface area contributed by atoms with E-state index in [4.69, 9.17) is 0 Å². The minimum Gasteiger partial charge on any atom is -0.406 e. The maximum Gasteiger partial charge on any atom is 0.573 e. The summed E-state index contributed by atoms with van der Waals surface area (Å²) in [6.45, 7) is 4.95. The summed E-state index contributed by atoms with van der Waals surface area (Å²) in [5.41, 5.74) is 0.843. The van der Waals surface area contributed by atoms with Crippen molar-refractivity contribution in [3.8, 4) is 5.75 Å². The van der Waals surface area contributed by atoms with Gasteiger partial charge in [-0.1, -0.05) is 19.1 Å². The normalized spacial score (nSPS) is 24.0. The molecule has 1 aromatic rings. The number of rotatable bonds is 5. The van der Waals surface area contributed by atoms with E-state index in [1.54, 1.807) is 6.07 Å². The first-order valence-electron chi connectivity index (χ1n) is 7.07. The van der Waals surface area contributed by atoms with Crippen LogP contribution in [0.1, 0.15) is 38.3 Å². The molecule has 0 bridgehead atoms. The second-order valence-corrected chi connectivity index (χ2v) is 7.01. The molecule has 2 atom stereocenters. The Bertz CT molecular complexity index is 472. The number of thioether (sulfide) groups is 1. The summed E-state index contributed by atoms with van der Waals surface area (Å²) in [5.74, 6) is 0.937. The van der Waals surface area contributed by atoms with Crippen molar-refractivity contribution in [2.45, 2.75) is 43.8 Å². The molecule has 0 aliphatic carbocycles. The number of hydrogen-bond donors (Lipinski definition) is 1. The zero-order valence-electron chi connectivity index (χ0n) is 12.2. The fourth-order valence-electron chi connectivity index (χ4n) is 2.81. The van der Waals surface area contributed by atoms with Crippen LogP contribution in [0.2, 0.25) is 0 Å². The molecule has 0 aromatic heterocycles. The number of hydrogen-bond acceptors (Lipinski definition) is 3. The third-order valence-electron chi connectivity index (χ3n) is 3.69. The molecule has 2 unspecified atom stereocenters. The third-order valence-corrected chi connectivity index (χ3v) is 5.29. The minimum absolute atomic E-state index is 0.00681. The van der Waals surface area contributed by atoms with E-state index in [1.807, 2.05) is 24.8 Å². The lowest BCUT2D eigenvalue weighted by Crippen LogP contribution is -2.37. The van der Waals surface area contributed by atoms with Crippen LogP contribution >= 0.6 is 11.8 Å². The summed E-state index contributed by atoms with van der Waals surface area (Å²) in [5, 5.41) is 3.41. The highest BCUT2D eigenvalue weighted by Crippen LogP contribution is 2.47. The van der Waals surface area contributed by atoms with Crippen LogP contribution < -0.4 is 10.1 Å². The van der Waals surface area contributed by atoms with Crippen LogP contribution in [-0.2, 0) is 0 Å². The Labute approximate surface area is 127 Å². The molecule has 0 radical (unpaired) electrons. The molecule has 21 heavy (non-hydrogen) atoms. The van der Waals surface area contributed by atoms with Crippen LogP contribution in [0.25, 0.3) is 0 Å². The van der Waals surface area contributed by atoms with Crippen LogP contribution in [0.4, 0.5) is 13.2 Å². The lowest BCUT2D eigenvalue weighted by atomic mass is 9.90. The van der Waals surface area contributed by atoms with Gasteiger partial charge in [-0.15, -0.1) is 13.2 Å². The second kappa shape index (κ2) is 6.48. The molecule has 1 aliphatic heterocycles. The number of nitrogens with one attached hydrogen (secondary N) is 1. The fraction of sp³-hybridized carbons (Fsp3) is 0.600. The van der Waals surface area contributed by atoms with Gasteiger partial charge in [0.05, 0.1) is 0 Å². The van der Waals surface area contributed by atoms with Gasteiger partial charge in [0.2, 0.25) is 0 Å². The Hall–Kier alpha value is -0.880. The molecular weight excluding hydrogens is 299 g/mol. The molecule has 2 nitrogen and oxygen atoms in total. The van der Waals surface area contributed by atoms with E-state index in [9.17, 15) is 13.2 Å². The van der Waals surface area contributed by atoms with Crippen molar-refractivity contribution in [3.63, 3.8) is 0 Å². The third kappa shape index (κ3) is 4.30. The lowest BCUT2D eigenvalue weighted by Gasteiger charge is -2.34. The first kappa shape index (κ1) is 16.5. The molecule has 1 fully saturated rings. The van der Waals surface area contributed by atoms with Gasteiger partial charge in [-0.3, -0.25) is 0 Å². The number of alkyl halides is 3. The predicted octanol–water partition coefficient (Wildman–Crippen LogP) is 4.52. The summed E-state index contributed by atoms with van der Waals surface area (Å²) in [6.07, 6.45) is -2.46. The number of ether oxygens (including phenoxy) is 1. The average molecular weight is 319 g/mol. The number of halogens is 3. The molecule has 1 heterocycles. The van der Waals surface area contributed by atoms with Gasteiger partial charge in [0, 0.05) is 10.8 Å². The fourth-order valence-corrected chi connectivity index (χ4v) is 4.24. The van der Waals surface area contributed by atoms with Crippen molar-refractivity contribution in [1.82, 2.24) is 5.32 Å². The van der Waals surface area contributed by atoms with Crippen molar-refractivity contribution in [2.24, 2.45) is 0 Å². The lowest BCUT2D eigenvalue weighted by molar-refractivity contribution is -0.274. The first-order valence-corrected chi connectivity index (χ1v) is 8.06. The predicted molar refractivity (Wildman–Crippen MR) is 79.6 cm³/mol. The summed E-state index contributed by atoms with van der Waals surface area (Å²) in [7, 11) is 0. The molecule has 0 spiro atoms. The largest absolute Gasteiger partial charge is 0.573 e. The Kier molecular flexibility index (Phi) is 5.09. The van der Waals surface area contributed by atoms with E-state index in [0.29, 0.717) is 0 Å². The maximum absolute atomic E-state index is 12.4. The van der Waals surface area contributed by atoms with Crippen molar-refractivity contribution >= 4 is 11.8 Å². The van der Waals surface area contributed by atoms with Crippen molar-refractivity contribution in [1.29, 1.82) is 0 Å². The molecule has 1 aliphatic rings. The van der Waals surface area contributed by atoms with Crippen molar-refractivity contribution in [3.05, 3.63) is 29.8 Å². The number of benzene rings is 1. The SMILES string of the molecule is CCNC(c1cccc(OC(F)(F)F)c1)C1(C)CCCS1. The smallest absolute Gasteiger partial charge is 0.406 e. The van der Waals surface area contributed by atoms with E-state index >= 15 is 0 Å². The molecule has 1 N–H and O–H groups in total. The highest BCUT2D eigenvalue weighted by atomic mass is 32.2. The monoisotopic (exact) mass is 319 g/mol. The summed E-state index contributed by atoms with van der Waals surface area (Å²) in [4.78, 5) is 0. The van der Waals surface area contributed by atoms with Gasteiger partial charge >= 0.3 is 6.36 Å². The quantitative estimate of drug-likeness (QED) is 0.862. The van der Waals surface area contributed by atoms with Gasteiger partial charge in [-0.05, 0) is 49.8 Å². The molecule has 118 valence electrons. The van der Waals surface area contributed by atoms with Gasteiger partial charge in [0.15, 0.2) is 0 Å². The Morgan fingerprint density at radius 2 is 2.19 bits per heavy atom. The first-order chi connectivity index (χ1) is 9.84. The van der Waals surface area contributed by atoms with E-state index in [2.05, 4.69) is 17.0 Å². The van der Waals surface area contributed by atoms with Crippen LogP contribution in [0.15, 0.2) is 24.3 Å². The molecule has 1 aromatic carbocycles. The average Bonchev–Trinajstić information content (AvgIpc) is 2.82. The van der Waals surface area contributed by atoms with Gasteiger partial charge in [-0.2, -0.15) is 11.8 Å². The maximum atomic E-state index is 12.4. The molecule has 0 amide bonds. The Morgan fingerprint density at radius 1 is 1.43 bits per heavy atom. The standard InChI is InChI=1S/C15H20F3NOS/c1-3-19-13(14(2)8-5-9-21-14)11-6-4-7-12(10-11)20-15(16,17)18/h4,6-7,10,13,19H,3,5,8-9H2,1-2H3. The minimum atomic E-state index is -4.65. The molecule has 0 saturated carbocycles. The highest BCUT2D eigenvalue weighted by molar-refractivity contribution is 8.00. The second-order valence-electron chi connectivity index (χ2n) is 5.38. The topological polar surface area (TPSA) is 21.3 Å².